The number of halogens is 1. The fourth-order valence-electron chi connectivity index (χ4n) is 1.78. The van der Waals surface area contributed by atoms with Gasteiger partial charge in [-0.3, -0.25) is 4.79 Å². The van der Waals surface area contributed by atoms with Crippen molar-refractivity contribution in [2.75, 3.05) is 0 Å². The van der Waals surface area contributed by atoms with E-state index in [9.17, 15) is 4.79 Å². The summed E-state index contributed by atoms with van der Waals surface area (Å²) in [4.78, 5) is 11.2. The third-order valence-corrected chi connectivity index (χ3v) is 2.94. The molecule has 2 aromatic rings. The molecule has 2 rings (SSSR count). The van der Waals surface area contributed by atoms with Crippen molar-refractivity contribution in [1.29, 1.82) is 0 Å². The minimum atomic E-state index is 0.136. The molecular weight excluding hydrogens is 258 g/mol. The van der Waals surface area contributed by atoms with Crippen molar-refractivity contribution in [3.63, 3.8) is 0 Å². The SMILES string of the molecule is CC(=O)C[n+]1ccccc1/C=C/c1ccc(Cl)cc1. The number of hydrogen-bond donors (Lipinski definition) is 0. The minimum absolute atomic E-state index is 0.136. The molecule has 0 amide bonds. The summed E-state index contributed by atoms with van der Waals surface area (Å²) in [5, 5.41) is 0.725. The van der Waals surface area contributed by atoms with E-state index in [0.717, 1.165) is 16.3 Å². The first-order chi connectivity index (χ1) is 9.15. The molecule has 0 aliphatic carbocycles. The Kier molecular flexibility index (Phi) is 4.48. The molecular formula is C16H15ClNO+. The van der Waals surface area contributed by atoms with Crippen molar-refractivity contribution in [1.82, 2.24) is 0 Å². The second kappa shape index (κ2) is 6.30. The zero-order chi connectivity index (χ0) is 13.7. The Morgan fingerprint density at radius 3 is 2.58 bits per heavy atom. The molecule has 0 aliphatic heterocycles. The Morgan fingerprint density at radius 2 is 1.89 bits per heavy atom. The van der Waals surface area contributed by atoms with E-state index >= 15 is 0 Å². The first-order valence-corrected chi connectivity index (χ1v) is 6.44. The van der Waals surface area contributed by atoms with E-state index in [0.29, 0.717) is 6.54 Å². The van der Waals surface area contributed by atoms with Gasteiger partial charge >= 0.3 is 0 Å². The van der Waals surface area contributed by atoms with Gasteiger partial charge in [0.25, 0.3) is 0 Å². The van der Waals surface area contributed by atoms with Gasteiger partial charge in [-0.15, -0.1) is 0 Å². The van der Waals surface area contributed by atoms with Crippen LogP contribution >= 0.6 is 11.6 Å². The van der Waals surface area contributed by atoms with Crippen LogP contribution in [0.25, 0.3) is 12.2 Å². The molecule has 0 spiro atoms. The smallest absolute Gasteiger partial charge is 0.206 e. The highest BCUT2D eigenvalue weighted by atomic mass is 35.5. The van der Waals surface area contributed by atoms with Crippen molar-refractivity contribution >= 4 is 29.5 Å². The summed E-state index contributed by atoms with van der Waals surface area (Å²) < 4.78 is 1.93. The Labute approximate surface area is 118 Å². The highest BCUT2D eigenvalue weighted by Crippen LogP contribution is 2.11. The molecule has 0 saturated heterocycles. The molecule has 1 aromatic carbocycles. The monoisotopic (exact) mass is 272 g/mol. The average molecular weight is 273 g/mol. The largest absolute Gasteiger partial charge is 0.293 e. The Balaban J connectivity index is 2.22. The molecule has 0 fully saturated rings. The van der Waals surface area contributed by atoms with Gasteiger partial charge in [-0.2, -0.15) is 4.57 Å². The third-order valence-electron chi connectivity index (χ3n) is 2.69. The van der Waals surface area contributed by atoms with Gasteiger partial charge < -0.3 is 0 Å². The number of aromatic nitrogens is 1. The summed E-state index contributed by atoms with van der Waals surface area (Å²) in [7, 11) is 0. The van der Waals surface area contributed by atoms with E-state index in [4.69, 9.17) is 11.6 Å². The molecule has 0 atom stereocenters. The molecule has 2 nitrogen and oxygen atoms in total. The third kappa shape index (κ3) is 4.04. The molecule has 0 unspecified atom stereocenters. The summed E-state index contributed by atoms with van der Waals surface area (Å²) >= 11 is 5.85. The predicted octanol–water partition coefficient (Wildman–Crippen LogP) is 3.39. The zero-order valence-corrected chi connectivity index (χ0v) is 11.5. The summed E-state index contributed by atoms with van der Waals surface area (Å²) in [6, 6.07) is 13.5. The molecule has 0 bridgehead atoms. The normalized spacial score (nSPS) is 10.8. The lowest BCUT2D eigenvalue weighted by Crippen LogP contribution is -2.39. The van der Waals surface area contributed by atoms with Gasteiger partial charge in [0.1, 0.15) is 0 Å². The second-order valence-corrected chi connectivity index (χ2v) is 4.78. The van der Waals surface area contributed by atoms with Gasteiger partial charge in [-0.05, 0) is 29.8 Å². The fourth-order valence-corrected chi connectivity index (χ4v) is 1.91. The Hall–Kier alpha value is -1.93. The Morgan fingerprint density at radius 1 is 1.16 bits per heavy atom. The molecule has 96 valence electrons. The van der Waals surface area contributed by atoms with Crippen molar-refractivity contribution in [2.24, 2.45) is 0 Å². The van der Waals surface area contributed by atoms with E-state index in [1.54, 1.807) is 6.92 Å². The fraction of sp³-hybridized carbons (Fsp3) is 0.125. The molecule has 0 aliphatic rings. The summed E-state index contributed by atoms with van der Waals surface area (Å²) in [6.07, 6.45) is 5.90. The summed E-state index contributed by atoms with van der Waals surface area (Å²) in [5.41, 5.74) is 2.07. The molecule has 1 aromatic heterocycles. The van der Waals surface area contributed by atoms with Crippen molar-refractivity contribution in [2.45, 2.75) is 13.5 Å². The molecule has 0 saturated carbocycles. The number of hydrogen-bond acceptors (Lipinski definition) is 1. The van der Waals surface area contributed by atoms with E-state index in [1.165, 1.54) is 0 Å². The molecule has 0 N–H and O–H groups in total. The number of nitrogens with zero attached hydrogens (tertiary/aromatic N) is 1. The van der Waals surface area contributed by atoms with Gasteiger partial charge in [0.15, 0.2) is 12.0 Å². The first kappa shape index (κ1) is 13.5. The number of carbonyl (C=O) groups excluding carboxylic acids is 1. The maximum absolute atomic E-state index is 11.2. The number of benzene rings is 1. The predicted molar refractivity (Wildman–Crippen MR) is 77.7 cm³/mol. The number of rotatable bonds is 4. The quantitative estimate of drug-likeness (QED) is 0.782. The van der Waals surface area contributed by atoms with Gasteiger partial charge in [-0.1, -0.05) is 23.7 Å². The Bertz CT molecular complexity index is 602. The topological polar surface area (TPSA) is 20.9 Å². The highest BCUT2D eigenvalue weighted by molar-refractivity contribution is 6.30. The lowest BCUT2D eigenvalue weighted by Gasteiger charge is -1.98. The van der Waals surface area contributed by atoms with Crippen molar-refractivity contribution < 1.29 is 9.36 Å². The van der Waals surface area contributed by atoms with E-state index in [1.807, 2.05) is 65.4 Å². The first-order valence-electron chi connectivity index (χ1n) is 6.07. The van der Waals surface area contributed by atoms with Crippen LogP contribution in [0.15, 0.2) is 48.7 Å². The number of pyridine rings is 1. The van der Waals surface area contributed by atoms with Crippen LogP contribution in [-0.2, 0) is 11.3 Å². The maximum atomic E-state index is 11.2. The van der Waals surface area contributed by atoms with Crippen LogP contribution in [0.2, 0.25) is 5.02 Å². The van der Waals surface area contributed by atoms with Crippen molar-refractivity contribution in [3.8, 4) is 0 Å². The number of carbonyl (C=O) groups is 1. The van der Waals surface area contributed by atoms with Crippen LogP contribution in [0.1, 0.15) is 18.2 Å². The van der Waals surface area contributed by atoms with Crippen molar-refractivity contribution in [3.05, 3.63) is 64.9 Å². The van der Waals surface area contributed by atoms with Gasteiger partial charge in [-0.25, -0.2) is 0 Å². The maximum Gasteiger partial charge on any atom is 0.206 e. The van der Waals surface area contributed by atoms with Gasteiger partial charge in [0, 0.05) is 30.2 Å². The van der Waals surface area contributed by atoms with Crippen LogP contribution < -0.4 is 4.57 Å². The lowest BCUT2D eigenvalue weighted by molar-refractivity contribution is -0.685. The minimum Gasteiger partial charge on any atom is -0.293 e. The molecule has 1 heterocycles. The van der Waals surface area contributed by atoms with Crippen LogP contribution in [-0.4, -0.2) is 5.78 Å². The standard InChI is InChI=1S/C16H15ClNO/c1-13(19)12-18-11-3-2-4-16(18)10-7-14-5-8-15(17)9-6-14/h2-11H,12H2,1H3/q+1/b10-7+. The van der Waals surface area contributed by atoms with E-state index in [-0.39, 0.29) is 5.78 Å². The van der Waals surface area contributed by atoms with Crippen LogP contribution in [0.4, 0.5) is 0 Å². The molecule has 19 heavy (non-hydrogen) atoms. The molecule has 3 heteroatoms. The summed E-state index contributed by atoms with van der Waals surface area (Å²) in [6.45, 7) is 1.98. The van der Waals surface area contributed by atoms with Crippen LogP contribution in [0.3, 0.4) is 0 Å². The zero-order valence-electron chi connectivity index (χ0n) is 10.7. The van der Waals surface area contributed by atoms with Gasteiger partial charge in [0.2, 0.25) is 12.2 Å². The number of ketones is 1. The average Bonchev–Trinajstić information content (AvgIpc) is 2.39. The second-order valence-electron chi connectivity index (χ2n) is 4.34. The summed E-state index contributed by atoms with van der Waals surface area (Å²) in [5.74, 6) is 0.136. The lowest BCUT2D eigenvalue weighted by atomic mass is 10.2. The van der Waals surface area contributed by atoms with Crippen LogP contribution in [0.5, 0.6) is 0 Å². The van der Waals surface area contributed by atoms with E-state index in [2.05, 4.69) is 0 Å². The van der Waals surface area contributed by atoms with E-state index < -0.39 is 0 Å². The molecule has 0 radical (unpaired) electrons. The highest BCUT2D eigenvalue weighted by Gasteiger charge is 2.08. The number of Topliss-reactive ketones (excluding diaryl/α,β-unsaturated/α-hetero) is 1. The van der Waals surface area contributed by atoms with Gasteiger partial charge in [0.05, 0.1) is 0 Å². The van der Waals surface area contributed by atoms with Crippen LogP contribution in [0, 0.1) is 0 Å².